The van der Waals surface area contributed by atoms with Gasteiger partial charge in [0.2, 0.25) is 10.0 Å². The molecule has 2 atom stereocenters. The molecule has 6 heteroatoms. The lowest BCUT2D eigenvalue weighted by molar-refractivity contribution is 0.355. The summed E-state index contributed by atoms with van der Waals surface area (Å²) in [5, 5.41) is 3.80. The monoisotopic (exact) mass is 430 g/mol. The van der Waals surface area contributed by atoms with Crippen LogP contribution in [0.15, 0.2) is 47.4 Å². The van der Waals surface area contributed by atoms with E-state index >= 15 is 0 Å². The fourth-order valence-corrected chi connectivity index (χ4v) is 5.26. The second kappa shape index (κ2) is 10.4. The van der Waals surface area contributed by atoms with Gasteiger partial charge in [-0.1, -0.05) is 36.8 Å². The third-order valence-corrected chi connectivity index (χ3v) is 7.46. The largest absolute Gasteiger partial charge is 0.496 e. The normalized spacial score (nSPS) is 17.4. The molecule has 0 spiro atoms. The maximum Gasteiger partial charge on any atom is 0.240 e. The van der Waals surface area contributed by atoms with Gasteiger partial charge in [0.05, 0.1) is 12.0 Å². The van der Waals surface area contributed by atoms with Crippen LogP contribution in [0.25, 0.3) is 0 Å². The molecule has 1 aliphatic rings. The molecule has 0 bridgehead atoms. The van der Waals surface area contributed by atoms with E-state index < -0.39 is 10.0 Å². The van der Waals surface area contributed by atoms with E-state index in [1.807, 2.05) is 25.1 Å². The van der Waals surface area contributed by atoms with Gasteiger partial charge in [-0.15, -0.1) is 0 Å². The summed E-state index contributed by atoms with van der Waals surface area (Å²) in [4.78, 5) is 0.327. The van der Waals surface area contributed by atoms with Crippen molar-refractivity contribution in [3.05, 3.63) is 59.2 Å². The molecule has 2 N–H and O–H groups in total. The predicted octanol–water partition coefficient (Wildman–Crippen LogP) is 3.99. The molecule has 1 aliphatic carbocycles. The van der Waals surface area contributed by atoms with E-state index in [-0.39, 0.29) is 0 Å². The Labute approximate surface area is 181 Å². The lowest BCUT2D eigenvalue weighted by Crippen LogP contribution is -2.41. The van der Waals surface area contributed by atoms with Gasteiger partial charge in [0.25, 0.3) is 0 Å². The summed E-state index contributed by atoms with van der Waals surface area (Å²) in [5.74, 6) is 0.984. The average molecular weight is 431 g/mol. The Morgan fingerprint density at radius 3 is 2.63 bits per heavy atom. The third kappa shape index (κ3) is 5.84. The van der Waals surface area contributed by atoms with Crippen LogP contribution in [0.5, 0.6) is 5.75 Å². The maximum absolute atomic E-state index is 12.4. The van der Waals surface area contributed by atoms with Crippen LogP contribution in [0.2, 0.25) is 0 Å². The van der Waals surface area contributed by atoms with Crippen LogP contribution in [-0.4, -0.2) is 34.2 Å². The highest BCUT2D eigenvalue weighted by Gasteiger charge is 2.23. The molecule has 0 fully saturated rings. The number of fused-ring (bicyclic) bond motifs is 1. The van der Waals surface area contributed by atoms with Gasteiger partial charge in [0.1, 0.15) is 5.75 Å². The number of hydrogen-bond donors (Lipinski definition) is 2. The Bertz CT molecular complexity index is 912. The number of benzene rings is 2. The molecule has 3 rings (SSSR count). The first-order chi connectivity index (χ1) is 14.4. The molecular weight excluding hydrogens is 396 g/mol. The number of methoxy groups -OCH3 is 1. The van der Waals surface area contributed by atoms with Gasteiger partial charge < -0.3 is 10.1 Å². The highest BCUT2D eigenvalue weighted by atomic mass is 32.2. The Hall–Kier alpha value is -1.89. The minimum atomic E-state index is -3.43. The van der Waals surface area contributed by atoms with Crippen molar-refractivity contribution in [2.75, 3.05) is 13.7 Å². The van der Waals surface area contributed by atoms with E-state index in [0.29, 0.717) is 23.5 Å². The van der Waals surface area contributed by atoms with Crippen molar-refractivity contribution >= 4 is 10.0 Å². The van der Waals surface area contributed by atoms with Crippen LogP contribution in [-0.2, 0) is 22.9 Å². The summed E-state index contributed by atoms with van der Waals surface area (Å²) in [6.07, 6.45) is 5.95. The van der Waals surface area contributed by atoms with Crippen molar-refractivity contribution in [3.63, 3.8) is 0 Å². The van der Waals surface area contributed by atoms with E-state index in [4.69, 9.17) is 4.74 Å². The van der Waals surface area contributed by atoms with Gasteiger partial charge in [-0.3, -0.25) is 0 Å². The molecule has 5 nitrogen and oxygen atoms in total. The van der Waals surface area contributed by atoms with Crippen LogP contribution in [0, 0.1) is 6.92 Å². The zero-order chi connectivity index (χ0) is 21.6. The van der Waals surface area contributed by atoms with Gasteiger partial charge in [0.15, 0.2) is 0 Å². The molecule has 0 heterocycles. The van der Waals surface area contributed by atoms with Crippen molar-refractivity contribution in [3.8, 4) is 5.75 Å². The van der Waals surface area contributed by atoms with E-state index in [1.54, 1.807) is 19.2 Å². The predicted molar refractivity (Wildman–Crippen MR) is 122 cm³/mol. The Morgan fingerprint density at radius 2 is 1.93 bits per heavy atom. The van der Waals surface area contributed by atoms with Crippen LogP contribution in [0.3, 0.4) is 0 Å². The average Bonchev–Trinajstić information content (AvgIpc) is 2.75. The molecule has 30 heavy (non-hydrogen) atoms. The molecule has 0 amide bonds. The molecule has 2 unspecified atom stereocenters. The molecule has 2 aromatic carbocycles. The van der Waals surface area contributed by atoms with Crippen LogP contribution >= 0.6 is 0 Å². The van der Waals surface area contributed by atoms with Crippen molar-refractivity contribution in [1.82, 2.24) is 10.0 Å². The second-order valence-corrected chi connectivity index (χ2v) is 9.93. The molecule has 2 aromatic rings. The number of aryl methyl sites for hydroxylation is 2. The van der Waals surface area contributed by atoms with Crippen LogP contribution < -0.4 is 14.8 Å². The van der Waals surface area contributed by atoms with E-state index in [0.717, 1.165) is 49.8 Å². The van der Waals surface area contributed by atoms with Gasteiger partial charge in [-0.05, 0) is 74.8 Å². The first-order valence-corrected chi connectivity index (χ1v) is 12.4. The lowest BCUT2D eigenvalue weighted by atomic mass is 9.87. The molecule has 0 aliphatic heterocycles. The van der Waals surface area contributed by atoms with Gasteiger partial charge in [0, 0.05) is 18.6 Å². The summed E-state index contributed by atoms with van der Waals surface area (Å²) in [7, 11) is -1.70. The fourth-order valence-electron chi connectivity index (χ4n) is 4.18. The zero-order valence-electron chi connectivity index (χ0n) is 18.3. The first-order valence-electron chi connectivity index (χ1n) is 10.9. The fraction of sp³-hybridized carbons (Fsp3) is 0.500. The molecule has 0 saturated heterocycles. The molecule has 164 valence electrons. The van der Waals surface area contributed by atoms with E-state index in [9.17, 15) is 8.42 Å². The summed E-state index contributed by atoms with van der Waals surface area (Å²) in [5.41, 5.74) is 3.77. The number of rotatable bonds is 10. The van der Waals surface area contributed by atoms with Crippen LogP contribution in [0.1, 0.15) is 49.3 Å². The highest BCUT2D eigenvalue weighted by Crippen LogP contribution is 2.30. The quantitative estimate of drug-likeness (QED) is 0.560. The summed E-state index contributed by atoms with van der Waals surface area (Å²) in [6, 6.07) is 14.1. The third-order valence-electron chi connectivity index (χ3n) is 5.98. The number of ether oxygens (including phenoxy) is 1. The molecule has 0 saturated carbocycles. The van der Waals surface area contributed by atoms with E-state index in [2.05, 4.69) is 29.1 Å². The minimum Gasteiger partial charge on any atom is -0.496 e. The maximum atomic E-state index is 12.4. The summed E-state index contributed by atoms with van der Waals surface area (Å²) >= 11 is 0. The van der Waals surface area contributed by atoms with Crippen molar-refractivity contribution in [2.45, 2.75) is 69.4 Å². The molecule has 0 radical (unpaired) electrons. The first kappa shape index (κ1) is 22.8. The van der Waals surface area contributed by atoms with Crippen molar-refractivity contribution in [2.24, 2.45) is 0 Å². The summed E-state index contributed by atoms with van der Waals surface area (Å²) < 4.78 is 33.1. The Kier molecular flexibility index (Phi) is 7.92. The van der Waals surface area contributed by atoms with E-state index in [1.165, 1.54) is 11.1 Å². The number of hydrogen-bond acceptors (Lipinski definition) is 4. The van der Waals surface area contributed by atoms with Gasteiger partial charge >= 0.3 is 0 Å². The second-order valence-electron chi connectivity index (χ2n) is 8.16. The van der Waals surface area contributed by atoms with Gasteiger partial charge in [-0.2, -0.15) is 0 Å². The summed E-state index contributed by atoms with van der Waals surface area (Å²) in [6.45, 7) is 4.59. The van der Waals surface area contributed by atoms with Crippen molar-refractivity contribution in [1.29, 1.82) is 0 Å². The topological polar surface area (TPSA) is 67.4 Å². The van der Waals surface area contributed by atoms with Crippen LogP contribution in [0.4, 0.5) is 0 Å². The number of sulfonamides is 1. The van der Waals surface area contributed by atoms with Gasteiger partial charge in [-0.25, -0.2) is 13.1 Å². The smallest absolute Gasteiger partial charge is 0.240 e. The van der Waals surface area contributed by atoms with Crippen molar-refractivity contribution < 1.29 is 13.2 Å². The lowest BCUT2D eigenvalue weighted by Gasteiger charge is -2.30. The Balaban J connectivity index is 1.47. The minimum absolute atomic E-state index is 0.327. The number of nitrogens with one attached hydrogen (secondary N) is 2. The highest BCUT2D eigenvalue weighted by molar-refractivity contribution is 7.89. The standard InChI is InChI=1S/C24H34N2O3S/c1-4-20(8-6-16-25-30(27,28)22-14-10-18(2)11-15-22)26-21-13-12-19-7-5-9-24(29-3)23(19)17-21/h5,7,9-11,14-15,20-21,25-26H,4,6,8,12-13,16-17H2,1-3H3. The Morgan fingerprint density at radius 1 is 1.17 bits per heavy atom. The molecule has 0 aromatic heterocycles. The molecular formula is C24H34N2O3S. The zero-order valence-corrected chi connectivity index (χ0v) is 19.1. The SMILES string of the molecule is CCC(CCCNS(=O)(=O)c1ccc(C)cc1)NC1CCc2cccc(OC)c2C1.